The zero-order valence-electron chi connectivity index (χ0n) is 13.3. The van der Waals surface area contributed by atoms with E-state index in [0.29, 0.717) is 24.9 Å². The normalized spacial score (nSPS) is 25.9. The topological polar surface area (TPSA) is 60.9 Å². The van der Waals surface area contributed by atoms with Crippen molar-refractivity contribution in [2.75, 3.05) is 33.7 Å². The van der Waals surface area contributed by atoms with Crippen molar-refractivity contribution in [1.29, 1.82) is 0 Å². The van der Waals surface area contributed by atoms with Crippen LogP contribution in [0.4, 0.5) is 0 Å². The fraction of sp³-hybridized carbons (Fsp3) is 0.875. The predicted molar refractivity (Wildman–Crippen MR) is 80.9 cm³/mol. The number of hydrogen-bond acceptors (Lipinski definition) is 3. The molecule has 2 saturated carbocycles. The Kier molecular flexibility index (Phi) is 5.62. The summed E-state index contributed by atoms with van der Waals surface area (Å²) >= 11 is 0. The molecule has 0 radical (unpaired) electrons. The van der Waals surface area contributed by atoms with Gasteiger partial charge in [-0.05, 0) is 32.4 Å². The number of carbonyl (C=O) groups excluding carboxylic acids is 1. The fourth-order valence-electron chi connectivity index (χ4n) is 3.57. The molecule has 0 bridgehead atoms. The minimum absolute atomic E-state index is 0.0647. The Morgan fingerprint density at radius 3 is 2.33 bits per heavy atom. The molecular weight excluding hydrogens is 268 g/mol. The number of carbonyl (C=O) groups is 2. The zero-order valence-corrected chi connectivity index (χ0v) is 13.3. The standard InChI is InChI=1S/C16H28N2O3/c1-17(2)8-9-18(11-15(19)20)16(21)14-10-13(14)12-6-4-3-5-7-12/h12-14H,3-11H2,1-2H3,(H,19,20)/t13-,14+/m1/s1. The third-order valence-electron chi connectivity index (χ3n) is 4.87. The second-order valence-electron chi connectivity index (χ2n) is 6.86. The van der Waals surface area contributed by atoms with Crippen molar-refractivity contribution in [2.24, 2.45) is 17.8 Å². The van der Waals surface area contributed by atoms with Crippen LogP contribution in [0.25, 0.3) is 0 Å². The van der Waals surface area contributed by atoms with E-state index in [9.17, 15) is 9.59 Å². The molecule has 2 rings (SSSR count). The molecule has 0 aromatic rings. The highest BCUT2D eigenvalue weighted by molar-refractivity contribution is 5.85. The van der Waals surface area contributed by atoms with Gasteiger partial charge in [0.2, 0.25) is 5.91 Å². The van der Waals surface area contributed by atoms with Gasteiger partial charge in [-0.1, -0.05) is 32.1 Å². The lowest BCUT2D eigenvalue weighted by Crippen LogP contribution is -2.41. The quantitative estimate of drug-likeness (QED) is 0.776. The average molecular weight is 296 g/mol. The van der Waals surface area contributed by atoms with E-state index < -0.39 is 5.97 Å². The number of aliphatic carboxylic acids is 1. The smallest absolute Gasteiger partial charge is 0.323 e. The Morgan fingerprint density at radius 1 is 1.10 bits per heavy atom. The van der Waals surface area contributed by atoms with E-state index in [1.54, 1.807) is 0 Å². The predicted octanol–water partition coefficient (Wildman–Crippen LogP) is 1.68. The zero-order chi connectivity index (χ0) is 15.4. The summed E-state index contributed by atoms with van der Waals surface area (Å²) in [5, 5.41) is 9.01. The summed E-state index contributed by atoms with van der Waals surface area (Å²) in [5.41, 5.74) is 0. The van der Waals surface area contributed by atoms with E-state index >= 15 is 0 Å². The third-order valence-corrected chi connectivity index (χ3v) is 4.87. The summed E-state index contributed by atoms with van der Waals surface area (Å²) < 4.78 is 0. The van der Waals surface area contributed by atoms with Gasteiger partial charge in [0.25, 0.3) is 0 Å². The molecule has 1 amide bonds. The molecule has 2 fully saturated rings. The van der Waals surface area contributed by atoms with Gasteiger partial charge in [-0.15, -0.1) is 0 Å². The molecule has 2 atom stereocenters. The number of carboxylic acids is 1. The van der Waals surface area contributed by atoms with Crippen LogP contribution in [0.2, 0.25) is 0 Å². The first kappa shape index (κ1) is 16.3. The van der Waals surface area contributed by atoms with Crippen molar-refractivity contribution in [3.05, 3.63) is 0 Å². The second-order valence-corrected chi connectivity index (χ2v) is 6.86. The third kappa shape index (κ3) is 4.70. The van der Waals surface area contributed by atoms with E-state index in [0.717, 1.165) is 6.42 Å². The van der Waals surface area contributed by atoms with E-state index in [4.69, 9.17) is 5.11 Å². The van der Waals surface area contributed by atoms with Gasteiger partial charge in [-0.3, -0.25) is 9.59 Å². The van der Waals surface area contributed by atoms with Gasteiger partial charge in [0.1, 0.15) is 6.54 Å². The molecule has 0 heterocycles. The monoisotopic (exact) mass is 296 g/mol. The molecule has 0 aliphatic heterocycles. The molecule has 5 nitrogen and oxygen atoms in total. The molecule has 0 saturated heterocycles. The minimum Gasteiger partial charge on any atom is -0.480 e. The van der Waals surface area contributed by atoms with Gasteiger partial charge in [0, 0.05) is 19.0 Å². The average Bonchev–Trinajstić information content (AvgIpc) is 3.23. The Hall–Kier alpha value is -1.10. The SMILES string of the molecule is CN(C)CCN(CC(=O)O)C(=O)[C@H]1C[C@@H]1C1CCCCC1. The molecule has 1 N–H and O–H groups in total. The van der Waals surface area contributed by atoms with Gasteiger partial charge in [-0.25, -0.2) is 0 Å². The molecule has 2 aliphatic carbocycles. The highest BCUT2D eigenvalue weighted by Gasteiger charge is 2.48. The maximum atomic E-state index is 12.6. The second kappa shape index (κ2) is 7.25. The summed E-state index contributed by atoms with van der Waals surface area (Å²) in [6.45, 7) is 1.05. The molecule has 21 heavy (non-hydrogen) atoms. The van der Waals surface area contributed by atoms with Gasteiger partial charge in [-0.2, -0.15) is 0 Å². The summed E-state index contributed by atoms with van der Waals surface area (Å²) in [7, 11) is 3.87. The summed E-state index contributed by atoms with van der Waals surface area (Å²) in [6, 6.07) is 0. The first-order chi connectivity index (χ1) is 9.99. The van der Waals surface area contributed by atoms with Crippen molar-refractivity contribution in [2.45, 2.75) is 38.5 Å². The van der Waals surface area contributed by atoms with Crippen LogP contribution in [0.3, 0.4) is 0 Å². The van der Waals surface area contributed by atoms with Gasteiger partial charge < -0.3 is 14.9 Å². The number of nitrogens with zero attached hydrogens (tertiary/aromatic N) is 2. The molecule has 5 heteroatoms. The van der Waals surface area contributed by atoms with Crippen molar-refractivity contribution >= 4 is 11.9 Å². The molecule has 2 aliphatic rings. The Labute approximate surface area is 127 Å². The Bertz CT molecular complexity index is 378. The van der Waals surface area contributed by atoms with E-state index in [-0.39, 0.29) is 18.4 Å². The highest BCUT2D eigenvalue weighted by Crippen LogP contribution is 2.50. The van der Waals surface area contributed by atoms with Crippen LogP contribution in [0.15, 0.2) is 0 Å². The molecule has 0 aromatic carbocycles. The van der Waals surface area contributed by atoms with Gasteiger partial charge >= 0.3 is 5.97 Å². The van der Waals surface area contributed by atoms with Gasteiger partial charge in [0.15, 0.2) is 0 Å². The van der Waals surface area contributed by atoms with Crippen LogP contribution in [-0.2, 0) is 9.59 Å². The lowest BCUT2D eigenvalue weighted by molar-refractivity contribution is -0.145. The molecule has 0 aromatic heterocycles. The van der Waals surface area contributed by atoms with Crippen LogP contribution in [0.1, 0.15) is 38.5 Å². The van der Waals surface area contributed by atoms with Crippen molar-refractivity contribution in [3.63, 3.8) is 0 Å². The number of amides is 1. The number of likely N-dealkylation sites (N-methyl/N-ethyl adjacent to an activating group) is 1. The lowest BCUT2D eigenvalue weighted by Gasteiger charge is -2.25. The first-order valence-electron chi connectivity index (χ1n) is 8.14. The fourth-order valence-corrected chi connectivity index (χ4v) is 3.57. The lowest BCUT2D eigenvalue weighted by atomic mass is 9.85. The van der Waals surface area contributed by atoms with Crippen molar-refractivity contribution in [3.8, 4) is 0 Å². The summed E-state index contributed by atoms with van der Waals surface area (Å²) in [4.78, 5) is 27.0. The number of carboxylic acid groups (broad SMARTS) is 1. The van der Waals surface area contributed by atoms with Crippen LogP contribution in [-0.4, -0.2) is 60.5 Å². The maximum absolute atomic E-state index is 12.6. The number of hydrogen-bond donors (Lipinski definition) is 1. The van der Waals surface area contributed by atoms with Gasteiger partial charge in [0.05, 0.1) is 0 Å². The highest BCUT2D eigenvalue weighted by atomic mass is 16.4. The number of rotatable bonds is 7. The van der Waals surface area contributed by atoms with E-state index in [2.05, 4.69) is 0 Å². The van der Waals surface area contributed by atoms with E-state index in [1.165, 1.54) is 37.0 Å². The largest absolute Gasteiger partial charge is 0.480 e. The molecule has 0 spiro atoms. The van der Waals surface area contributed by atoms with E-state index in [1.807, 2.05) is 19.0 Å². The Morgan fingerprint density at radius 2 is 1.76 bits per heavy atom. The maximum Gasteiger partial charge on any atom is 0.323 e. The first-order valence-corrected chi connectivity index (χ1v) is 8.14. The minimum atomic E-state index is -0.919. The van der Waals surface area contributed by atoms with Crippen molar-refractivity contribution in [1.82, 2.24) is 9.80 Å². The summed E-state index contributed by atoms with van der Waals surface area (Å²) in [6.07, 6.45) is 7.40. The van der Waals surface area contributed by atoms with Crippen LogP contribution in [0, 0.1) is 17.8 Å². The van der Waals surface area contributed by atoms with Crippen LogP contribution in [0.5, 0.6) is 0 Å². The molecular formula is C16H28N2O3. The van der Waals surface area contributed by atoms with Crippen LogP contribution >= 0.6 is 0 Å². The van der Waals surface area contributed by atoms with Crippen LogP contribution < -0.4 is 0 Å². The molecule has 0 unspecified atom stereocenters. The Balaban J connectivity index is 1.87. The van der Waals surface area contributed by atoms with Crippen molar-refractivity contribution < 1.29 is 14.7 Å². The molecule has 120 valence electrons. The summed E-state index contributed by atoms with van der Waals surface area (Å²) in [5.74, 6) is 0.461.